The molecule has 0 spiro atoms. The van der Waals surface area contributed by atoms with Crippen molar-refractivity contribution in [3.8, 4) is 5.75 Å². The summed E-state index contributed by atoms with van der Waals surface area (Å²) in [6.07, 6.45) is 5.60. The highest BCUT2D eigenvalue weighted by Crippen LogP contribution is 2.57. The predicted octanol–water partition coefficient (Wildman–Crippen LogP) is 5.64. The summed E-state index contributed by atoms with van der Waals surface area (Å²) in [4.78, 5) is 28.4. The molecule has 1 amide bonds. The largest absolute Gasteiger partial charge is 0.508 e. The van der Waals surface area contributed by atoms with E-state index >= 15 is 0 Å². The number of nitrogens with zero attached hydrogens (tertiary/aromatic N) is 1. The van der Waals surface area contributed by atoms with Crippen LogP contribution in [0.2, 0.25) is 0 Å². The van der Waals surface area contributed by atoms with Gasteiger partial charge in [-0.3, -0.25) is 9.59 Å². The van der Waals surface area contributed by atoms with Crippen LogP contribution in [-0.4, -0.2) is 34.3 Å². The lowest BCUT2D eigenvalue weighted by Gasteiger charge is -2.61. The summed E-state index contributed by atoms with van der Waals surface area (Å²) < 4.78 is 0. The minimum Gasteiger partial charge on any atom is -0.508 e. The van der Waals surface area contributed by atoms with Crippen molar-refractivity contribution in [2.75, 3.05) is 6.54 Å². The molecule has 4 rings (SSSR count). The van der Waals surface area contributed by atoms with Crippen LogP contribution in [0.4, 0.5) is 0 Å². The highest BCUT2D eigenvalue weighted by atomic mass is 16.3. The molecule has 2 bridgehead atoms. The van der Waals surface area contributed by atoms with Gasteiger partial charge in [-0.1, -0.05) is 53.7 Å². The molecule has 32 heavy (non-hydrogen) atoms. The van der Waals surface area contributed by atoms with E-state index in [-0.39, 0.29) is 34.1 Å². The van der Waals surface area contributed by atoms with Gasteiger partial charge >= 0.3 is 0 Å². The number of carbonyl (C=O) groups is 2. The van der Waals surface area contributed by atoms with Crippen LogP contribution in [0.25, 0.3) is 0 Å². The number of carbonyl (C=O) groups excluding carboxylic acids is 2. The van der Waals surface area contributed by atoms with Crippen molar-refractivity contribution < 1.29 is 14.7 Å². The number of hydrogen-bond donors (Lipinski definition) is 1. The van der Waals surface area contributed by atoms with Gasteiger partial charge in [0.05, 0.1) is 0 Å². The number of amides is 1. The van der Waals surface area contributed by atoms with E-state index in [1.165, 1.54) is 5.56 Å². The Balaban J connectivity index is 1.49. The zero-order valence-electron chi connectivity index (χ0n) is 20.8. The van der Waals surface area contributed by atoms with E-state index in [4.69, 9.17) is 0 Å². The fourth-order valence-corrected chi connectivity index (χ4v) is 6.89. The second-order valence-electron chi connectivity index (χ2n) is 12.7. The number of phenolic OH excluding ortho intramolecular Hbond substituents is 1. The van der Waals surface area contributed by atoms with Gasteiger partial charge in [0.2, 0.25) is 5.91 Å². The number of likely N-dealkylation sites (tertiary alicyclic amines) is 1. The maximum absolute atomic E-state index is 13.7. The van der Waals surface area contributed by atoms with Crippen LogP contribution in [-0.2, 0) is 21.4 Å². The first-order valence-electron chi connectivity index (χ1n) is 12.5. The summed E-state index contributed by atoms with van der Waals surface area (Å²) >= 11 is 0. The number of piperidine rings is 1. The van der Waals surface area contributed by atoms with Crippen LogP contribution < -0.4 is 0 Å². The predicted molar refractivity (Wildman–Crippen MR) is 128 cm³/mol. The van der Waals surface area contributed by atoms with Gasteiger partial charge < -0.3 is 10.0 Å². The quantitative estimate of drug-likeness (QED) is 0.660. The third kappa shape index (κ3) is 3.88. The molecule has 1 N–H and O–H groups in total. The van der Waals surface area contributed by atoms with Crippen molar-refractivity contribution in [2.45, 2.75) is 97.9 Å². The van der Waals surface area contributed by atoms with E-state index in [1.807, 2.05) is 6.07 Å². The van der Waals surface area contributed by atoms with Crippen molar-refractivity contribution in [1.82, 2.24) is 4.90 Å². The zero-order valence-corrected chi connectivity index (χ0v) is 20.8. The fourth-order valence-electron chi connectivity index (χ4n) is 6.89. The number of hydrogen-bond acceptors (Lipinski definition) is 3. The second kappa shape index (κ2) is 7.88. The van der Waals surface area contributed by atoms with Crippen molar-refractivity contribution in [3.63, 3.8) is 0 Å². The first-order chi connectivity index (χ1) is 14.8. The molecule has 2 fully saturated rings. The number of benzene rings is 1. The van der Waals surface area contributed by atoms with Gasteiger partial charge in [0.15, 0.2) is 0 Å². The summed E-state index contributed by atoms with van der Waals surface area (Å²) in [5.41, 5.74) is 2.18. The van der Waals surface area contributed by atoms with Crippen molar-refractivity contribution in [3.05, 3.63) is 29.3 Å². The highest BCUT2D eigenvalue weighted by Gasteiger charge is 2.57. The maximum Gasteiger partial charge on any atom is 0.225 e. The average molecular weight is 440 g/mol. The van der Waals surface area contributed by atoms with E-state index in [2.05, 4.69) is 52.5 Å². The van der Waals surface area contributed by atoms with Crippen LogP contribution in [0.1, 0.15) is 91.2 Å². The van der Waals surface area contributed by atoms with E-state index in [1.54, 1.807) is 6.07 Å². The highest BCUT2D eigenvalue weighted by molar-refractivity contribution is 5.81. The Kier molecular flexibility index (Phi) is 5.75. The molecule has 176 valence electrons. The lowest BCUT2D eigenvalue weighted by Crippen LogP contribution is -2.65. The molecule has 2 aliphatic carbocycles. The lowest BCUT2D eigenvalue weighted by atomic mass is 9.51. The lowest BCUT2D eigenvalue weighted by molar-refractivity contribution is -0.148. The van der Waals surface area contributed by atoms with Crippen LogP contribution in [0.5, 0.6) is 5.75 Å². The van der Waals surface area contributed by atoms with Gasteiger partial charge in [-0.15, -0.1) is 0 Å². The van der Waals surface area contributed by atoms with Gasteiger partial charge in [-0.05, 0) is 66.0 Å². The Hall–Kier alpha value is -1.84. The van der Waals surface area contributed by atoms with Crippen molar-refractivity contribution in [2.24, 2.45) is 22.7 Å². The molecule has 4 nitrogen and oxygen atoms in total. The molecule has 0 unspecified atom stereocenters. The number of rotatable bonds is 4. The zero-order chi connectivity index (χ0) is 23.5. The third-order valence-electron chi connectivity index (χ3n) is 9.04. The second-order valence-corrected chi connectivity index (χ2v) is 12.7. The van der Waals surface area contributed by atoms with Crippen LogP contribution in [0.3, 0.4) is 0 Å². The summed E-state index contributed by atoms with van der Waals surface area (Å²) in [6, 6.07) is 5.99. The normalized spacial score (nSPS) is 31.3. The molecule has 1 heterocycles. The maximum atomic E-state index is 13.7. The smallest absolute Gasteiger partial charge is 0.225 e. The monoisotopic (exact) mass is 439 g/mol. The molecule has 1 saturated carbocycles. The number of fused-ring (bicyclic) bond motifs is 4. The number of phenols is 1. The minimum absolute atomic E-state index is 0.0276. The van der Waals surface area contributed by atoms with E-state index in [0.29, 0.717) is 30.3 Å². The molecule has 4 atom stereocenters. The molecule has 1 aromatic rings. The Morgan fingerprint density at radius 1 is 1.16 bits per heavy atom. The minimum atomic E-state index is -0.0671. The first-order valence-corrected chi connectivity index (χ1v) is 12.5. The third-order valence-corrected chi connectivity index (χ3v) is 9.04. The van der Waals surface area contributed by atoms with Gasteiger partial charge in [-0.25, -0.2) is 0 Å². The molecule has 0 radical (unpaired) electrons. The summed E-state index contributed by atoms with van der Waals surface area (Å²) in [5.74, 6) is 1.35. The molecular formula is C28H41NO3. The standard InChI is InChI=1S/C28H41NO3/c1-26(2,3)17-20(30)15-18-10-11-19(14-18)25(32)29-13-12-28(6)22-8-7-9-23(31)21(22)16-24(29)27(28,4)5/h7-9,18-19,24,31H,10-17H2,1-6H3/t18-,19-,24+,28+/m1/s1. The van der Waals surface area contributed by atoms with E-state index in [0.717, 1.165) is 44.2 Å². The fraction of sp³-hybridized carbons (Fsp3) is 0.714. The van der Waals surface area contributed by atoms with E-state index in [9.17, 15) is 14.7 Å². The Bertz CT molecular complexity index is 912. The van der Waals surface area contributed by atoms with Crippen LogP contribution >= 0.6 is 0 Å². The number of aromatic hydroxyl groups is 1. The molecule has 1 aromatic carbocycles. The van der Waals surface area contributed by atoms with Crippen molar-refractivity contribution >= 4 is 11.7 Å². The molecular weight excluding hydrogens is 398 g/mol. The summed E-state index contributed by atoms with van der Waals surface area (Å²) in [7, 11) is 0. The summed E-state index contributed by atoms with van der Waals surface area (Å²) in [6.45, 7) is 14.0. The average Bonchev–Trinajstić information content (AvgIpc) is 3.11. The van der Waals surface area contributed by atoms with Crippen LogP contribution in [0, 0.1) is 22.7 Å². The molecule has 0 aromatic heterocycles. The number of Topliss-reactive ketones (excluding diaryl/α,β-unsaturated/α-hetero) is 1. The Morgan fingerprint density at radius 3 is 2.56 bits per heavy atom. The summed E-state index contributed by atoms with van der Waals surface area (Å²) in [5, 5.41) is 10.6. The molecule has 1 saturated heterocycles. The Labute approximate surface area is 193 Å². The molecule has 4 heteroatoms. The van der Waals surface area contributed by atoms with Gasteiger partial charge in [0.25, 0.3) is 0 Å². The van der Waals surface area contributed by atoms with Crippen molar-refractivity contribution in [1.29, 1.82) is 0 Å². The molecule has 1 aliphatic heterocycles. The van der Waals surface area contributed by atoms with Gasteiger partial charge in [0, 0.05) is 36.8 Å². The first kappa shape index (κ1) is 23.3. The molecule has 3 aliphatic rings. The van der Waals surface area contributed by atoms with E-state index < -0.39 is 0 Å². The Morgan fingerprint density at radius 2 is 1.88 bits per heavy atom. The number of ketones is 1. The van der Waals surface area contributed by atoms with Crippen LogP contribution in [0.15, 0.2) is 18.2 Å². The SMILES string of the molecule is CC(C)(C)CC(=O)C[C@@H]1CC[C@@H](C(=O)N2CC[C@@]3(C)c4cccc(O)c4C[C@H]2C3(C)C)C1. The van der Waals surface area contributed by atoms with Gasteiger partial charge in [-0.2, -0.15) is 0 Å². The topological polar surface area (TPSA) is 57.6 Å². The van der Waals surface area contributed by atoms with Gasteiger partial charge in [0.1, 0.15) is 11.5 Å².